The fourth-order valence-electron chi connectivity index (χ4n) is 0.893. The number of hydrogen-bond donors (Lipinski definition) is 1. The Morgan fingerprint density at radius 3 is 2.43 bits per heavy atom. The quantitative estimate of drug-likeness (QED) is 0.754. The number of amides is 1. The SMILES string of the molecule is CC(=O)N(C)c1ccc(C(=O)O)nc1. The molecule has 1 rings (SSSR count). The molecule has 0 bridgehead atoms. The molecule has 74 valence electrons. The van der Waals surface area contributed by atoms with Crippen molar-refractivity contribution >= 4 is 17.6 Å². The summed E-state index contributed by atoms with van der Waals surface area (Å²) in [5.74, 6) is -1.21. The molecule has 1 heterocycles. The van der Waals surface area contributed by atoms with Gasteiger partial charge in [-0.2, -0.15) is 0 Å². The number of carboxylic acid groups (broad SMARTS) is 1. The van der Waals surface area contributed by atoms with Gasteiger partial charge >= 0.3 is 5.97 Å². The molecular weight excluding hydrogens is 184 g/mol. The number of anilines is 1. The Hall–Kier alpha value is -1.91. The Bertz CT molecular complexity index is 359. The number of hydrogen-bond acceptors (Lipinski definition) is 3. The Balaban J connectivity index is 2.94. The average molecular weight is 194 g/mol. The van der Waals surface area contributed by atoms with E-state index in [1.165, 1.54) is 30.2 Å². The van der Waals surface area contributed by atoms with Crippen LogP contribution in [0.4, 0.5) is 5.69 Å². The third-order valence-electron chi connectivity index (χ3n) is 1.83. The van der Waals surface area contributed by atoms with Gasteiger partial charge in [0.1, 0.15) is 5.69 Å². The van der Waals surface area contributed by atoms with E-state index in [1.807, 2.05) is 0 Å². The molecule has 1 aromatic heterocycles. The number of aromatic nitrogens is 1. The first-order valence-corrected chi connectivity index (χ1v) is 3.96. The highest BCUT2D eigenvalue weighted by Gasteiger charge is 2.08. The Morgan fingerprint density at radius 1 is 1.43 bits per heavy atom. The van der Waals surface area contributed by atoms with E-state index in [9.17, 15) is 9.59 Å². The van der Waals surface area contributed by atoms with Crippen molar-refractivity contribution in [2.75, 3.05) is 11.9 Å². The van der Waals surface area contributed by atoms with Crippen LogP contribution in [0.3, 0.4) is 0 Å². The number of rotatable bonds is 2. The fourth-order valence-corrected chi connectivity index (χ4v) is 0.893. The van der Waals surface area contributed by atoms with Crippen LogP contribution in [-0.2, 0) is 4.79 Å². The van der Waals surface area contributed by atoms with Gasteiger partial charge in [0.2, 0.25) is 5.91 Å². The van der Waals surface area contributed by atoms with Gasteiger partial charge in [-0.3, -0.25) is 4.79 Å². The third kappa shape index (κ3) is 2.07. The minimum atomic E-state index is -1.08. The van der Waals surface area contributed by atoms with Gasteiger partial charge in [-0.05, 0) is 12.1 Å². The van der Waals surface area contributed by atoms with E-state index in [0.717, 1.165) is 0 Å². The van der Waals surface area contributed by atoms with Crippen molar-refractivity contribution in [1.29, 1.82) is 0 Å². The minimum absolute atomic E-state index is 0.0364. The van der Waals surface area contributed by atoms with Crippen LogP contribution in [0.2, 0.25) is 0 Å². The predicted molar refractivity (Wildman–Crippen MR) is 50.3 cm³/mol. The lowest BCUT2D eigenvalue weighted by Gasteiger charge is -2.13. The monoisotopic (exact) mass is 194 g/mol. The molecular formula is C9H10N2O3. The molecule has 1 N–H and O–H groups in total. The van der Waals surface area contributed by atoms with Crippen LogP contribution in [0.15, 0.2) is 18.3 Å². The highest BCUT2D eigenvalue weighted by atomic mass is 16.4. The summed E-state index contributed by atoms with van der Waals surface area (Å²) in [6, 6.07) is 2.90. The maximum absolute atomic E-state index is 10.9. The van der Waals surface area contributed by atoms with E-state index >= 15 is 0 Å². The lowest BCUT2D eigenvalue weighted by Crippen LogP contribution is -2.23. The maximum Gasteiger partial charge on any atom is 0.354 e. The first kappa shape index (κ1) is 10.2. The summed E-state index contributed by atoms with van der Waals surface area (Å²) in [7, 11) is 1.60. The first-order chi connectivity index (χ1) is 6.52. The molecule has 0 saturated carbocycles. The Labute approximate surface area is 81.0 Å². The first-order valence-electron chi connectivity index (χ1n) is 3.96. The van der Waals surface area contributed by atoms with Gasteiger partial charge in [0.25, 0.3) is 0 Å². The van der Waals surface area contributed by atoms with Crippen molar-refractivity contribution in [2.45, 2.75) is 6.92 Å². The van der Waals surface area contributed by atoms with E-state index in [-0.39, 0.29) is 11.6 Å². The van der Waals surface area contributed by atoms with Gasteiger partial charge in [0.15, 0.2) is 0 Å². The van der Waals surface area contributed by atoms with Gasteiger partial charge in [0.05, 0.1) is 11.9 Å². The van der Waals surface area contributed by atoms with E-state index < -0.39 is 5.97 Å². The zero-order valence-electron chi connectivity index (χ0n) is 7.89. The fraction of sp³-hybridized carbons (Fsp3) is 0.222. The molecule has 0 aliphatic heterocycles. The van der Waals surface area contributed by atoms with Crippen LogP contribution in [0.1, 0.15) is 17.4 Å². The van der Waals surface area contributed by atoms with Crippen LogP contribution >= 0.6 is 0 Å². The van der Waals surface area contributed by atoms with Crippen LogP contribution in [0.5, 0.6) is 0 Å². The van der Waals surface area contributed by atoms with E-state index in [0.29, 0.717) is 5.69 Å². The van der Waals surface area contributed by atoms with Crippen LogP contribution in [-0.4, -0.2) is 29.0 Å². The summed E-state index contributed by atoms with van der Waals surface area (Å²) in [6.07, 6.45) is 1.35. The molecule has 0 atom stereocenters. The van der Waals surface area contributed by atoms with Crippen molar-refractivity contribution < 1.29 is 14.7 Å². The summed E-state index contributed by atoms with van der Waals surface area (Å²) >= 11 is 0. The second-order valence-corrected chi connectivity index (χ2v) is 2.78. The molecule has 14 heavy (non-hydrogen) atoms. The molecule has 0 aromatic carbocycles. The molecule has 0 spiro atoms. The number of pyridine rings is 1. The van der Waals surface area contributed by atoms with E-state index in [2.05, 4.69) is 4.98 Å². The largest absolute Gasteiger partial charge is 0.477 e. The average Bonchev–Trinajstić information content (AvgIpc) is 2.16. The number of carboxylic acids is 1. The van der Waals surface area contributed by atoms with Crippen molar-refractivity contribution in [3.63, 3.8) is 0 Å². The van der Waals surface area contributed by atoms with Crippen molar-refractivity contribution in [3.8, 4) is 0 Å². The Morgan fingerprint density at radius 2 is 2.07 bits per heavy atom. The summed E-state index contributed by atoms with van der Waals surface area (Å²) in [5.41, 5.74) is 0.535. The zero-order valence-corrected chi connectivity index (χ0v) is 7.89. The highest BCUT2D eigenvalue weighted by molar-refractivity contribution is 5.91. The molecule has 0 aliphatic carbocycles. The third-order valence-corrected chi connectivity index (χ3v) is 1.83. The normalized spacial score (nSPS) is 9.57. The predicted octanol–water partition coefficient (Wildman–Crippen LogP) is 0.762. The van der Waals surface area contributed by atoms with Gasteiger partial charge in [-0.15, -0.1) is 0 Å². The van der Waals surface area contributed by atoms with Crippen LogP contribution in [0, 0.1) is 0 Å². The van der Waals surface area contributed by atoms with E-state index in [1.54, 1.807) is 7.05 Å². The molecule has 5 nitrogen and oxygen atoms in total. The minimum Gasteiger partial charge on any atom is -0.477 e. The summed E-state index contributed by atoms with van der Waals surface area (Å²) in [4.78, 5) is 26.5. The number of nitrogens with zero attached hydrogens (tertiary/aromatic N) is 2. The molecule has 0 saturated heterocycles. The number of aromatic carboxylic acids is 1. The number of carbonyl (C=O) groups excluding carboxylic acids is 1. The smallest absolute Gasteiger partial charge is 0.354 e. The molecule has 0 radical (unpaired) electrons. The summed E-state index contributed by atoms with van der Waals surface area (Å²) < 4.78 is 0. The summed E-state index contributed by atoms with van der Waals surface area (Å²) in [5, 5.41) is 8.58. The van der Waals surface area contributed by atoms with Crippen LogP contribution < -0.4 is 4.90 Å². The van der Waals surface area contributed by atoms with Crippen LogP contribution in [0.25, 0.3) is 0 Å². The second-order valence-electron chi connectivity index (χ2n) is 2.78. The van der Waals surface area contributed by atoms with Gasteiger partial charge in [-0.1, -0.05) is 0 Å². The van der Waals surface area contributed by atoms with Crippen molar-refractivity contribution in [1.82, 2.24) is 4.98 Å². The van der Waals surface area contributed by atoms with Crippen molar-refractivity contribution in [2.24, 2.45) is 0 Å². The lowest BCUT2D eigenvalue weighted by atomic mass is 10.3. The van der Waals surface area contributed by atoms with E-state index in [4.69, 9.17) is 5.11 Å². The molecule has 5 heteroatoms. The zero-order chi connectivity index (χ0) is 10.7. The second kappa shape index (κ2) is 3.87. The molecule has 1 aromatic rings. The maximum atomic E-state index is 10.9. The van der Waals surface area contributed by atoms with Gasteiger partial charge in [-0.25, -0.2) is 9.78 Å². The highest BCUT2D eigenvalue weighted by Crippen LogP contribution is 2.11. The topological polar surface area (TPSA) is 70.5 Å². The molecule has 0 fully saturated rings. The standard InChI is InChI=1S/C9H10N2O3/c1-6(12)11(2)7-3-4-8(9(13)14)10-5-7/h3-5H,1-2H3,(H,13,14). The molecule has 0 aliphatic rings. The van der Waals surface area contributed by atoms with Gasteiger partial charge < -0.3 is 10.0 Å². The lowest BCUT2D eigenvalue weighted by molar-refractivity contribution is -0.116. The van der Waals surface area contributed by atoms with Crippen molar-refractivity contribution in [3.05, 3.63) is 24.0 Å². The summed E-state index contributed by atoms with van der Waals surface area (Å²) in [6.45, 7) is 1.42. The van der Waals surface area contributed by atoms with Gasteiger partial charge in [0, 0.05) is 14.0 Å². The Kier molecular flexibility index (Phi) is 2.81. The molecule has 1 amide bonds. The number of carbonyl (C=O) groups is 2. The molecule has 0 unspecified atom stereocenters.